The van der Waals surface area contributed by atoms with E-state index >= 15 is 0 Å². The van der Waals surface area contributed by atoms with Crippen molar-refractivity contribution in [3.05, 3.63) is 71.3 Å². The molecule has 0 spiro atoms. The van der Waals surface area contributed by atoms with Gasteiger partial charge in [0.1, 0.15) is 18.0 Å². The maximum absolute atomic E-state index is 12.8. The van der Waals surface area contributed by atoms with Gasteiger partial charge in [0.25, 0.3) is 5.91 Å². The summed E-state index contributed by atoms with van der Waals surface area (Å²) in [7, 11) is 0. The van der Waals surface area contributed by atoms with Crippen LogP contribution in [0.1, 0.15) is 28.4 Å². The first-order valence-corrected chi connectivity index (χ1v) is 10.4. The third kappa shape index (κ3) is 5.17. The summed E-state index contributed by atoms with van der Waals surface area (Å²) in [6, 6.07) is 13.6. The molecule has 3 rings (SSSR count). The molecular weight excluding hydrogens is 426 g/mol. The number of amides is 3. The Labute approximate surface area is 190 Å². The van der Waals surface area contributed by atoms with E-state index in [4.69, 9.17) is 11.1 Å². The molecule has 0 bridgehead atoms. The minimum atomic E-state index is -1.27. The Hall–Kier alpha value is -4.21. The topological polar surface area (TPSA) is 157 Å². The molecule has 0 radical (unpaired) electrons. The molecule has 0 saturated carbocycles. The molecule has 0 aliphatic carbocycles. The van der Waals surface area contributed by atoms with Crippen LogP contribution in [0.3, 0.4) is 0 Å². The third-order valence-electron chi connectivity index (χ3n) is 5.48. The second-order valence-electron chi connectivity index (χ2n) is 7.57. The van der Waals surface area contributed by atoms with Gasteiger partial charge in [0, 0.05) is 24.1 Å². The number of carbonyl (C=O) groups excluding carboxylic acids is 3. The SMILES string of the molecule is CCN1C(=O)C(=O)N(C(Cc2ccccc2)C(=O)O)CC1NC(=O)c1ccc(C(=N)N)cc1. The van der Waals surface area contributed by atoms with Crippen LogP contribution in [-0.2, 0) is 20.8 Å². The fourth-order valence-electron chi connectivity index (χ4n) is 3.72. The van der Waals surface area contributed by atoms with Gasteiger partial charge in [0.15, 0.2) is 0 Å². The quantitative estimate of drug-likeness (QED) is 0.259. The van der Waals surface area contributed by atoms with E-state index in [2.05, 4.69) is 5.32 Å². The number of nitrogens with one attached hydrogen (secondary N) is 2. The van der Waals surface area contributed by atoms with E-state index in [1.807, 2.05) is 0 Å². The number of nitrogen functional groups attached to an aromatic ring is 1. The molecule has 172 valence electrons. The maximum atomic E-state index is 12.8. The van der Waals surface area contributed by atoms with E-state index in [1.165, 1.54) is 29.2 Å². The second-order valence-corrected chi connectivity index (χ2v) is 7.57. The molecule has 2 aromatic carbocycles. The van der Waals surface area contributed by atoms with Gasteiger partial charge in [-0.3, -0.25) is 19.8 Å². The number of nitrogens with two attached hydrogens (primary N) is 1. The van der Waals surface area contributed by atoms with Gasteiger partial charge in [-0.05, 0) is 24.6 Å². The summed E-state index contributed by atoms with van der Waals surface area (Å²) in [6.45, 7) is 1.66. The van der Waals surface area contributed by atoms with Gasteiger partial charge in [-0.1, -0.05) is 42.5 Å². The Morgan fingerprint density at radius 3 is 2.24 bits per heavy atom. The first-order chi connectivity index (χ1) is 15.7. The third-order valence-corrected chi connectivity index (χ3v) is 5.48. The molecule has 10 heteroatoms. The van der Waals surface area contributed by atoms with E-state index in [-0.39, 0.29) is 30.9 Å². The number of rotatable bonds is 8. The smallest absolute Gasteiger partial charge is 0.326 e. The lowest BCUT2D eigenvalue weighted by atomic mass is 10.0. The normalized spacial score (nSPS) is 16.9. The minimum absolute atomic E-state index is 0.0223. The average molecular weight is 451 g/mol. The first-order valence-electron chi connectivity index (χ1n) is 10.4. The maximum Gasteiger partial charge on any atom is 0.326 e. The lowest BCUT2D eigenvalue weighted by molar-refractivity contribution is -0.165. The highest BCUT2D eigenvalue weighted by molar-refractivity contribution is 6.36. The summed E-state index contributed by atoms with van der Waals surface area (Å²) < 4.78 is 0. The van der Waals surface area contributed by atoms with Gasteiger partial charge in [0.2, 0.25) is 0 Å². The average Bonchev–Trinajstić information content (AvgIpc) is 2.80. The predicted octanol–water partition coefficient (Wildman–Crippen LogP) is 0.413. The van der Waals surface area contributed by atoms with Crippen molar-refractivity contribution in [3.8, 4) is 0 Å². The minimum Gasteiger partial charge on any atom is -0.480 e. The number of likely N-dealkylation sites (N-methyl/N-ethyl adjacent to an activating group) is 1. The monoisotopic (exact) mass is 451 g/mol. The van der Waals surface area contributed by atoms with E-state index in [0.717, 1.165) is 4.90 Å². The largest absolute Gasteiger partial charge is 0.480 e. The van der Waals surface area contributed by atoms with Crippen molar-refractivity contribution in [1.82, 2.24) is 15.1 Å². The van der Waals surface area contributed by atoms with Crippen LogP contribution in [0.5, 0.6) is 0 Å². The van der Waals surface area contributed by atoms with Crippen molar-refractivity contribution in [2.24, 2.45) is 5.73 Å². The number of carbonyl (C=O) groups is 4. The number of carboxylic acids is 1. The molecule has 10 nitrogen and oxygen atoms in total. The Balaban J connectivity index is 1.83. The van der Waals surface area contributed by atoms with Crippen LogP contribution in [0.25, 0.3) is 0 Å². The summed E-state index contributed by atoms with van der Waals surface area (Å²) >= 11 is 0. The predicted molar refractivity (Wildman–Crippen MR) is 119 cm³/mol. The van der Waals surface area contributed by atoms with Crippen LogP contribution in [0, 0.1) is 5.41 Å². The molecule has 1 heterocycles. The van der Waals surface area contributed by atoms with Crippen LogP contribution in [0.2, 0.25) is 0 Å². The lowest BCUT2D eigenvalue weighted by Gasteiger charge is -2.42. The zero-order chi connectivity index (χ0) is 24.1. The molecule has 1 aliphatic heterocycles. The van der Waals surface area contributed by atoms with E-state index in [0.29, 0.717) is 11.1 Å². The van der Waals surface area contributed by atoms with E-state index in [9.17, 15) is 24.3 Å². The molecule has 1 aliphatic rings. The second kappa shape index (κ2) is 9.94. The number of piperazine rings is 1. The summed E-state index contributed by atoms with van der Waals surface area (Å²) in [6.07, 6.45) is -0.882. The molecule has 33 heavy (non-hydrogen) atoms. The van der Waals surface area contributed by atoms with Gasteiger partial charge in [0.05, 0.1) is 6.54 Å². The molecule has 2 aromatic rings. The molecular formula is C23H25N5O5. The van der Waals surface area contributed by atoms with Gasteiger partial charge in [-0.25, -0.2) is 4.79 Å². The molecule has 1 fully saturated rings. The fraction of sp³-hybridized carbons (Fsp3) is 0.261. The number of aliphatic carboxylic acids is 1. The number of benzene rings is 2. The van der Waals surface area contributed by atoms with E-state index < -0.39 is 35.9 Å². The van der Waals surface area contributed by atoms with Crippen LogP contribution < -0.4 is 11.1 Å². The van der Waals surface area contributed by atoms with Crippen molar-refractivity contribution in [2.75, 3.05) is 13.1 Å². The van der Waals surface area contributed by atoms with Gasteiger partial charge in [-0.15, -0.1) is 0 Å². The molecule has 1 saturated heterocycles. The summed E-state index contributed by atoms with van der Waals surface area (Å²) in [5, 5.41) is 20.0. The van der Waals surface area contributed by atoms with Crippen LogP contribution >= 0.6 is 0 Å². The van der Waals surface area contributed by atoms with Crippen molar-refractivity contribution < 1.29 is 24.3 Å². The highest BCUT2D eigenvalue weighted by atomic mass is 16.4. The van der Waals surface area contributed by atoms with Crippen LogP contribution in [0.15, 0.2) is 54.6 Å². The van der Waals surface area contributed by atoms with Crippen molar-refractivity contribution in [3.63, 3.8) is 0 Å². The van der Waals surface area contributed by atoms with Crippen LogP contribution in [0.4, 0.5) is 0 Å². The van der Waals surface area contributed by atoms with Gasteiger partial charge < -0.3 is 26.0 Å². The molecule has 0 aromatic heterocycles. The van der Waals surface area contributed by atoms with Gasteiger partial charge >= 0.3 is 17.8 Å². The molecule has 2 atom stereocenters. The van der Waals surface area contributed by atoms with Crippen LogP contribution in [-0.4, -0.2) is 69.7 Å². The number of hydrogen-bond acceptors (Lipinski definition) is 5. The van der Waals surface area contributed by atoms with E-state index in [1.54, 1.807) is 37.3 Å². The van der Waals surface area contributed by atoms with Crippen molar-refractivity contribution in [2.45, 2.75) is 25.6 Å². The summed E-state index contributed by atoms with van der Waals surface area (Å²) in [4.78, 5) is 52.5. The summed E-state index contributed by atoms with van der Waals surface area (Å²) in [5.74, 6) is -3.68. The molecule has 5 N–H and O–H groups in total. The Morgan fingerprint density at radius 1 is 1.09 bits per heavy atom. The van der Waals surface area contributed by atoms with Gasteiger partial charge in [-0.2, -0.15) is 0 Å². The Bertz CT molecular complexity index is 1070. The number of carboxylic acid groups (broad SMARTS) is 1. The zero-order valence-electron chi connectivity index (χ0n) is 18.0. The summed E-state index contributed by atoms with van der Waals surface area (Å²) in [5.41, 5.74) is 6.86. The molecule has 3 amide bonds. The lowest BCUT2D eigenvalue weighted by Crippen LogP contribution is -2.67. The highest BCUT2D eigenvalue weighted by Crippen LogP contribution is 2.18. The standard InChI is InChI=1S/C23H25N5O5/c1-2-27-18(26-20(29)16-10-8-15(9-11-16)19(24)25)13-28(22(31)21(27)30)17(23(32)33)12-14-6-4-3-5-7-14/h3-11,17-18H,2,12-13H2,1H3,(H3,24,25)(H,26,29)(H,32,33). The zero-order valence-corrected chi connectivity index (χ0v) is 18.0. The number of hydrogen-bond donors (Lipinski definition) is 4. The number of amidine groups is 1. The molecule has 2 unspecified atom stereocenters. The van der Waals surface area contributed by atoms with Crippen molar-refractivity contribution in [1.29, 1.82) is 5.41 Å². The fourth-order valence-corrected chi connectivity index (χ4v) is 3.72. The van der Waals surface area contributed by atoms with Crippen molar-refractivity contribution >= 4 is 29.5 Å². The Morgan fingerprint density at radius 2 is 1.70 bits per heavy atom. The first kappa shape index (κ1) is 23.5. The Kier molecular flexibility index (Phi) is 7.07. The highest BCUT2D eigenvalue weighted by Gasteiger charge is 2.43. The number of nitrogens with zero attached hydrogens (tertiary/aromatic N) is 2.